The number of hydrogen-bond acceptors (Lipinski definition) is 7. The molecule has 0 aliphatic carbocycles. The average Bonchev–Trinajstić information content (AvgIpc) is 3.54. The first-order valence-corrected chi connectivity index (χ1v) is 13.0. The van der Waals surface area contributed by atoms with Crippen molar-refractivity contribution in [3.8, 4) is 28.3 Å². The van der Waals surface area contributed by atoms with Gasteiger partial charge in [-0.1, -0.05) is 61.0 Å². The molecule has 3 aromatic heterocycles. The highest BCUT2D eigenvalue weighted by Gasteiger charge is 2.22. The molecule has 0 spiro atoms. The molecule has 0 amide bonds. The van der Waals surface area contributed by atoms with Crippen LogP contribution in [0.2, 0.25) is 5.02 Å². The van der Waals surface area contributed by atoms with Crippen LogP contribution in [-0.4, -0.2) is 48.2 Å². The van der Waals surface area contributed by atoms with E-state index in [0.717, 1.165) is 51.7 Å². The number of piperidine rings is 1. The predicted octanol–water partition coefficient (Wildman–Crippen LogP) is 5.89. The second-order valence-corrected chi connectivity index (χ2v) is 10.3. The number of thiophene rings is 1. The summed E-state index contributed by atoms with van der Waals surface area (Å²) in [4.78, 5) is 14.8. The first-order chi connectivity index (χ1) is 17.2. The van der Waals surface area contributed by atoms with Crippen LogP contribution in [0.4, 0.5) is 0 Å². The van der Waals surface area contributed by atoms with Gasteiger partial charge in [0.15, 0.2) is 5.82 Å². The van der Waals surface area contributed by atoms with Crippen molar-refractivity contribution >= 4 is 33.2 Å². The van der Waals surface area contributed by atoms with Crippen molar-refractivity contribution in [2.24, 2.45) is 5.92 Å². The number of likely N-dealkylation sites (tertiary alicyclic amines) is 1. The number of benzene rings is 2. The van der Waals surface area contributed by atoms with Gasteiger partial charge in [-0.05, 0) is 54.8 Å². The van der Waals surface area contributed by atoms with Gasteiger partial charge in [-0.2, -0.15) is 0 Å². The van der Waals surface area contributed by atoms with Gasteiger partial charge in [0.25, 0.3) is 0 Å². The highest BCUT2D eigenvalue weighted by atomic mass is 35.5. The van der Waals surface area contributed by atoms with Gasteiger partial charge in [-0.3, -0.25) is 4.90 Å². The molecule has 0 saturated carbocycles. The minimum atomic E-state index is 0.463. The van der Waals surface area contributed by atoms with E-state index in [1.54, 1.807) is 11.3 Å². The highest BCUT2D eigenvalue weighted by Crippen LogP contribution is 2.36. The third kappa shape index (κ3) is 4.45. The standard InChI is InChI=1S/C26H24ClN7S/c1-17-11-13-33(14-12-17)15-22-28-25(34-31-24(30-32-34)19-9-5-6-10-21(19)27)23-20(16-35-26(23)29-22)18-7-3-2-4-8-18/h2-10,16-17H,11-15H2,1H3. The lowest BCUT2D eigenvalue weighted by Crippen LogP contribution is -2.33. The Morgan fingerprint density at radius 3 is 2.54 bits per heavy atom. The highest BCUT2D eigenvalue weighted by molar-refractivity contribution is 7.17. The minimum Gasteiger partial charge on any atom is -0.296 e. The molecule has 9 heteroatoms. The summed E-state index contributed by atoms with van der Waals surface area (Å²) < 4.78 is 0. The van der Waals surface area contributed by atoms with E-state index in [9.17, 15) is 0 Å². The van der Waals surface area contributed by atoms with Gasteiger partial charge in [0.05, 0.1) is 17.0 Å². The smallest absolute Gasteiger partial charge is 0.206 e. The van der Waals surface area contributed by atoms with E-state index in [4.69, 9.17) is 21.6 Å². The summed E-state index contributed by atoms with van der Waals surface area (Å²) in [7, 11) is 0. The van der Waals surface area contributed by atoms with E-state index in [1.807, 2.05) is 42.5 Å². The van der Waals surface area contributed by atoms with E-state index < -0.39 is 0 Å². The van der Waals surface area contributed by atoms with Gasteiger partial charge >= 0.3 is 0 Å². The third-order valence-corrected chi connectivity index (χ3v) is 7.71. The van der Waals surface area contributed by atoms with Gasteiger partial charge in [0.1, 0.15) is 10.7 Å². The first-order valence-electron chi connectivity index (χ1n) is 11.8. The SMILES string of the molecule is CC1CCN(Cc2nc(-n3nnc(-c4ccccc4Cl)n3)c3c(-c4ccccc4)csc3n2)CC1. The normalized spacial score (nSPS) is 15.1. The molecule has 0 atom stereocenters. The molecule has 1 aliphatic heterocycles. The van der Waals surface area contributed by atoms with E-state index in [1.165, 1.54) is 17.6 Å². The maximum absolute atomic E-state index is 6.39. The van der Waals surface area contributed by atoms with Crippen LogP contribution in [-0.2, 0) is 6.54 Å². The molecule has 0 radical (unpaired) electrons. The zero-order valence-corrected chi connectivity index (χ0v) is 20.9. The average molecular weight is 502 g/mol. The quantitative estimate of drug-likeness (QED) is 0.299. The first kappa shape index (κ1) is 22.3. The van der Waals surface area contributed by atoms with Gasteiger partial charge in [-0.15, -0.1) is 26.3 Å². The third-order valence-electron chi connectivity index (χ3n) is 6.50. The van der Waals surface area contributed by atoms with Crippen LogP contribution in [0.3, 0.4) is 0 Å². The van der Waals surface area contributed by atoms with E-state index in [-0.39, 0.29) is 0 Å². The Kier molecular flexibility index (Phi) is 6.01. The van der Waals surface area contributed by atoms with Gasteiger partial charge in [0.2, 0.25) is 5.82 Å². The summed E-state index contributed by atoms with van der Waals surface area (Å²) in [5.74, 6) is 2.66. The van der Waals surface area contributed by atoms with Crippen molar-refractivity contribution in [3.05, 3.63) is 70.8 Å². The summed E-state index contributed by atoms with van der Waals surface area (Å²) in [5, 5.41) is 17.0. The van der Waals surface area contributed by atoms with Crippen molar-refractivity contribution in [1.82, 2.24) is 35.1 Å². The molecule has 5 aromatic rings. The molecule has 35 heavy (non-hydrogen) atoms. The Hall–Kier alpha value is -3.20. The number of aromatic nitrogens is 6. The van der Waals surface area contributed by atoms with Crippen LogP contribution < -0.4 is 0 Å². The summed E-state index contributed by atoms with van der Waals surface area (Å²) in [5.41, 5.74) is 2.91. The Bertz CT molecular complexity index is 1470. The maximum atomic E-state index is 6.39. The predicted molar refractivity (Wildman–Crippen MR) is 140 cm³/mol. The van der Waals surface area contributed by atoms with Gasteiger partial charge in [-0.25, -0.2) is 9.97 Å². The monoisotopic (exact) mass is 501 g/mol. The molecule has 2 aromatic carbocycles. The van der Waals surface area contributed by atoms with Crippen LogP contribution in [0.5, 0.6) is 0 Å². The Balaban J connectivity index is 1.47. The fourth-order valence-electron chi connectivity index (χ4n) is 4.49. The van der Waals surface area contributed by atoms with Gasteiger partial charge < -0.3 is 0 Å². The number of fused-ring (bicyclic) bond motifs is 1. The molecular weight excluding hydrogens is 478 g/mol. The van der Waals surface area contributed by atoms with Crippen molar-refractivity contribution in [3.63, 3.8) is 0 Å². The molecule has 176 valence electrons. The fourth-order valence-corrected chi connectivity index (χ4v) is 5.67. The summed E-state index contributed by atoms with van der Waals surface area (Å²) in [6.45, 7) is 5.16. The Labute approximate surface area is 212 Å². The molecule has 6 rings (SSSR count). The van der Waals surface area contributed by atoms with Crippen LogP contribution >= 0.6 is 22.9 Å². The minimum absolute atomic E-state index is 0.463. The molecule has 1 aliphatic rings. The van der Waals surface area contributed by atoms with E-state index in [0.29, 0.717) is 23.2 Å². The summed E-state index contributed by atoms with van der Waals surface area (Å²) in [6.07, 6.45) is 2.41. The van der Waals surface area contributed by atoms with Crippen molar-refractivity contribution in [2.75, 3.05) is 13.1 Å². The lowest BCUT2D eigenvalue weighted by molar-refractivity contribution is 0.181. The van der Waals surface area contributed by atoms with Gasteiger partial charge in [0, 0.05) is 16.5 Å². The second-order valence-electron chi connectivity index (χ2n) is 9.00. The lowest BCUT2D eigenvalue weighted by atomic mass is 9.99. The lowest BCUT2D eigenvalue weighted by Gasteiger charge is -2.29. The van der Waals surface area contributed by atoms with E-state index >= 15 is 0 Å². The number of nitrogens with zero attached hydrogens (tertiary/aromatic N) is 7. The van der Waals surface area contributed by atoms with Crippen molar-refractivity contribution < 1.29 is 0 Å². The summed E-state index contributed by atoms with van der Waals surface area (Å²) >= 11 is 8.01. The molecular formula is C26H24ClN7S. The number of rotatable bonds is 5. The molecule has 1 saturated heterocycles. The molecule has 0 bridgehead atoms. The zero-order valence-electron chi connectivity index (χ0n) is 19.3. The largest absolute Gasteiger partial charge is 0.296 e. The molecule has 4 heterocycles. The Morgan fingerprint density at radius 1 is 0.971 bits per heavy atom. The van der Waals surface area contributed by atoms with Crippen LogP contribution in [0, 0.1) is 5.92 Å². The van der Waals surface area contributed by atoms with Crippen molar-refractivity contribution in [1.29, 1.82) is 0 Å². The van der Waals surface area contributed by atoms with Crippen LogP contribution in [0.15, 0.2) is 60.0 Å². The Morgan fingerprint density at radius 2 is 1.74 bits per heavy atom. The molecule has 7 nitrogen and oxygen atoms in total. The van der Waals surface area contributed by atoms with E-state index in [2.05, 4.69) is 44.7 Å². The molecule has 1 fully saturated rings. The summed E-state index contributed by atoms with van der Waals surface area (Å²) in [6, 6.07) is 17.8. The van der Waals surface area contributed by atoms with Crippen LogP contribution in [0.1, 0.15) is 25.6 Å². The number of hydrogen-bond donors (Lipinski definition) is 0. The molecule has 0 unspecified atom stereocenters. The zero-order chi connectivity index (χ0) is 23.8. The fraction of sp³-hybridized carbons (Fsp3) is 0.269. The van der Waals surface area contributed by atoms with Crippen molar-refractivity contribution in [2.45, 2.75) is 26.3 Å². The maximum Gasteiger partial charge on any atom is 0.206 e. The number of tetrazole rings is 1. The second kappa shape index (κ2) is 9.45. The topological polar surface area (TPSA) is 72.6 Å². The molecule has 0 N–H and O–H groups in total. The number of halogens is 1. The van der Waals surface area contributed by atoms with Crippen LogP contribution in [0.25, 0.3) is 38.5 Å².